The fraction of sp³-hybridized carbons (Fsp3) is 0.375. The van der Waals surface area contributed by atoms with Crippen LogP contribution < -0.4 is 4.74 Å². The standard InChI is InChI=1S/C16H20N2O3/c1-16(2,3)18-10-11(9-14(19)20)15(17-18)12-7-5-6-8-13(12)21-4/h5-8,10H,9H2,1-4H3,(H,19,20). The van der Waals surface area contributed by atoms with Crippen LogP contribution in [0.1, 0.15) is 26.3 Å². The van der Waals surface area contributed by atoms with Crippen LogP contribution in [-0.2, 0) is 16.8 Å². The minimum Gasteiger partial charge on any atom is -0.496 e. The van der Waals surface area contributed by atoms with Gasteiger partial charge in [0.15, 0.2) is 0 Å². The Bertz CT molecular complexity index is 654. The first-order chi connectivity index (χ1) is 9.82. The second-order valence-electron chi connectivity index (χ2n) is 5.89. The van der Waals surface area contributed by atoms with Gasteiger partial charge in [0, 0.05) is 17.3 Å². The van der Waals surface area contributed by atoms with E-state index in [2.05, 4.69) is 5.10 Å². The second kappa shape index (κ2) is 5.60. The van der Waals surface area contributed by atoms with Crippen molar-refractivity contribution < 1.29 is 14.6 Å². The topological polar surface area (TPSA) is 64.4 Å². The van der Waals surface area contributed by atoms with E-state index in [4.69, 9.17) is 9.84 Å². The average Bonchev–Trinajstić information content (AvgIpc) is 2.81. The molecule has 0 radical (unpaired) electrons. The lowest BCUT2D eigenvalue weighted by Gasteiger charge is -2.19. The van der Waals surface area contributed by atoms with Crippen molar-refractivity contribution in [3.63, 3.8) is 0 Å². The number of carbonyl (C=O) groups is 1. The van der Waals surface area contributed by atoms with Crippen molar-refractivity contribution in [2.75, 3.05) is 7.11 Å². The van der Waals surface area contributed by atoms with Gasteiger partial charge in [0.1, 0.15) is 5.75 Å². The van der Waals surface area contributed by atoms with E-state index in [1.807, 2.05) is 45.0 Å². The number of hydrogen-bond acceptors (Lipinski definition) is 3. The average molecular weight is 288 g/mol. The van der Waals surface area contributed by atoms with Crippen molar-refractivity contribution in [3.05, 3.63) is 36.0 Å². The van der Waals surface area contributed by atoms with Gasteiger partial charge in [0.2, 0.25) is 0 Å². The summed E-state index contributed by atoms with van der Waals surface area (Å²) in [5.74, 6) is -0.192. The molecule has 0 saturated carbocycles. The summed E-state index contributed by atoms with van der Waals surface area (Å²) in [5, 5.41) is 13.7. The minimum absolute atomic E-state index is 0.0660. The molecule has 0 aliphatic carbocycles. The summed E-state index contributed by atoms with van der Waals surface area (Å²) in [6.07, 6.45) is 1.74. The summed E-state index contributed by atoms with van der Waals surface area (Å²) in [6.45, 7) is 6.07. The number of aromatic nitrogens is 2. The van der Waals surface area contributed by atoms with E-state index in [-0.39, 0.29) is 12.0 Å². The van der Waals surface area contributed by atoms with Gasteiger partial charge in [-0.15, -0.1) is 0 Å². The zero-order valence-electron chi connectivity index (χ0n) is 12.8. The molecule has 0 spiro atoms. The van der Waals surface area contributed by atoms with E-state index in [0.29, 0.717) is 17.0 Å². The third kappa shape index (κ3) is 3.24. The van der Waals surface area contributed by atoms with Gasteiger partial charge in [0.25, 0.3) is 0 Å². The predicted molar refractivity (Wildman–Crippen MR) is 80.6 cm³/mol. The summed E-state index contributed by atoms with van der Waals surface area (Å²) in [7, 11) is 1.59. The lowest BCUT2D eigenvalue weighted by atomic mass is 10.1. The van der Waals surface area contributed by atoms with Gasteiger partial charge in [0.05, 0.1) is 24.8 Å². The van der Waals surface area contributed by atoms with Crippen molar-refractivity contribution in [1.29, 1.82) is 0 Å². The van der Waals surface area contributed by atoms with E-state index < -0.39 is 5.97 Å². The molecule has 0 aliphatic rings. The maximum atomic E-state index is 11.1. The fourth-order valence-electron chi connectivity index (χ4n) is 2.11. The summed E-state index contributed by atoms with van der Waals surface area (Å²) in [6, 6.07) is 7.49. The highest BCUT2D eigenvalue weighted by Gasteiger charge is 2.21. The van der Waals surface area contributed by atoms with Crippen molar-refractivity contribution >= 4 is 5.97 Å². The molecule has 0 saturated heterocycles. The van der Waals surface area contributed by atoms with Crippen LogP contribution in [0.2, 0.25) is 0 Å². The Labute approximate surface area is 124 Å². The van der Waals surface area contributed by atoms with Crippen molar-refractivity contribution in [2.24, 2.45) is 0 Å². The second-order valence-corrected chi connectivity index (χ2v) is 5.89. The van der Waals surface area contributed by atoms with Crippen LogP contribution in [0.5, 0.6) is 5.75 Å². The van der Waals surface area contributed by atoms with Crippen LogP contribution in [-0.4, -0.2) is 28.0 Å². The molecule has 0 atom stereocenters. The SMILES string of the molecule is COc1ccccc1-c1nn(C(C)(C)C)cc1CC(=O)O. The highest BCUT2D eigenvalue weighted by Crippen LogP contribution is 2.32. The smallest absolute Gasteiger partial charge is 0.307 e. The fourth-order valence-corrected chi connectivity index (χ4v) is 2.11. The van der Waals surface area contributed by atoms with Gasteiger partial charge in [-0.3, -0.25) is 9.48 Å². The highest BCUT2D eigenvalue weighted by atomic mass is 16.5. The van der Waals surface area contributed by atoms with Gasteiger partial charge in [-0.1, -0.05) is 12.1 Å². The number of methoxy groups -OCH3 is 1. The molecular formula is C16H20N2O3. The molecule has 5 heteroatoms. The molecule has 5 nitrogen and oxygen atoms in total. The number of carboxylic acid groups (broad SMARTS) is 1. The monoisotopic (exact) mass is 288 g/mol. The van der Waals surface area contributed by atoms with E-state index in [1.54, 1.807) is 18.0 Å². The maximum absolute atomic E-state index is 11.1. The normalized spacial score (nSPS) is 11.4. The Morgan fingerprint density at radius 1 is 1.33 bits per heavy atom. The number of carboxylic acids is 1. The molecule has 112 valence electrons. The van der Waals surface area contributed by atoms with Crippen LogP contribution in [0.25, 0.3) is 11.3 Å². The van der Waals surface area contributed by atoms with Crippen molar-refractivity contribution in [2.45, 2.75) is 32.7 Å². The Hall–Kier alpha value is -2.30. The number of benzene rings is 1. The van der Waals surface area contributed by atoms with Gasteiger partial charge in [-0.25, -0.2) is 0 Å². The zero-order chi connectivity index (χ0) is 15.6. The molecule has 2 rings (SSSR count). The molecule has 1 N–H and O–H groups in total. The van der Waals surface area contributed by atoms with Gasteiger partial charge >= 0.3 is 5.97 Å². The van der Waals surface area contributed by atoms with Gasteiger partial charge < -0.3 is 9.84 Å². The Morgan fingerprint density at radius 2 is 2.00 bits per heavy atom. The quantitative estimate of drug-likeness (QED) is 0.939. The first-order valence-corrected chi connectivity index (χ1v) is 6.77. The highest BCUT2D eigenvalue weighted by molar-refractivity contribution is 5.77. The van der Waals surface area contributed by atoms with E-state index in [9.17, 15) is 4.79 Å². The third-order valence-electron chi connectivity index (χ3n) is 3.18. The predicted octanol–water partition coefficient (Wildman–Crippen LogP) is 2.94. The molecule has 1 heterocycles. The largest absolute Gasteiger partial charge is 0.496 e. The lowest BCUT2D eigenvalue weighted by Crippen LogP contribution is -2.22. The molecule has 0 fully saturated rings. The zero-order valence-corrected chi connectivity index (χ0v) is 12.8. The molecule has 1 aromatic heterocycles. The number of rotatable bonds is 4. The molecule has 0 amide bonds. The number of para-hydroxylation sites is 1. The Kier molecular flexibility index (Phi) is 4.02. The Morgan fingerprint density at radius 3 is 2.57 bits per heavy atom. The molecule has 0 bridgehead atoms. The van der Waals surface area contributed by atoms with Crippen LogP contribution in [0.4, 0.5) is 0 Å². The molecule has 1 aromatic carbocycles. The first-order valence-electron chi connectivity index (χ1n) is 6.77. The van der Waals surface area contributed by atoms with Gasteiger partial charge in [-0.05, 0) is 32.9 Å². The molecule has 0 aliphatic heterocycles. The third-order valence-corrected chi connectivity index (χ3v) is 3.18. The minimum atomic E-state index is -0.875. The van der Waals surface area contributed by atoms with E-state index in [1.165, 1.54) is 0 Å². The van der Waals surface area contributed by atoms with E-state index >= 15 is 0 Å². The van der Waals surface area contributed by atoms with E-state index in [0.717, 1.165) is 5.56 Å². The summed E-state index contributed by atoms with van der Waals surface area (Å²) in [4.78, 5) is 11.1. The molecular weight excluding hydrogens is 268 g/mol. The maximum Gasteiger partial charge on any atom is 0.307 e. The summed E-state index contributed by atoms with van der Waals surface area (Å²) < 4.78 is 7.16. The van der Waals surface area contributed by atoms with Crippen LogP contribution in [0.3, 0.4) is 0 Å². The number of hydrogen-bond donors (Lipinski definition) is 1. The number of aliphatic carboxylic acids is 1. The Balaban J connectivity index is 2.60. The molecule has 21 heavy (non-hydrogen) atoms. The van der Waals surface area contributed by atoms with Crippen molar-refractivity contribution in [1.82, 2.24) is 9.78 Å². The first kappa shape index (κ1) is 15.1. The summed E-state index contributed by atoms with van der Waals surface area (Å²) in [5.41, 5.74) is 1.93. The van der Waals surface area contributed by atoms with Crippen LogP contribution in [0, 0.1) is 0 Å². The molecule has 0 unspecified atom stereocenters. The van der Waals surface area contributed by atoms with Crippen molar-refractivity contribution in [3.8, 4) is 17.0 Å². The number of nitrogens with zero attached hydrogens (tertiary/aromatic N) is 2. The lowest BCUT2D eigenvalue weighted by molar-refractivity contribution is -0.136. The van der Waals surface area contributed by atoms with Gasteiger partial charge in [-0.2, -0.15) is 5.10 Å². The number of ether oxygens (including phenoxy) is 1. The van der Waals surface area contributed by atoms with Crippen LogP contribution >= 0.6 is 0 Å². The van der Waals surface area contributed by atoms with Crippen LogP contribution in [0.15, 0.2) is 30.5 Å². The molecule has 2 aromatic rings. The summed E-state index contributed by atoms with van der Waals surface area (Å²) >= 11 is 0.